The Labute approximate surface area is 132 Å². The van der Waals surface area contributed by atoms with Crippen molar-refractivity contribution < 1.29 is 4.79 Å². The van der Waals surface area contributed by atoms with Gasteiger partial charge in [-0.25, -0.2) is 0 Å². The zero-order valence-electron chi connectivity index (χ0n) is 12.0. The lowest BCUT2D eigenvalue weighted by atomic mass is 10.1. The fourth-order valence-corrected chi connectivity index (χ4v) is 4.05. The molecule has 1 saturated heterocycles. The molecule has 0 bridgehead atoms. The van der Waals surface area contributed by atoms with Crippen LogP contribution in [0.4, 0.5) is 0 Å². The van der Waals surface area contributed by atoms with Gasteiger partial charge in [-0.3, -0.25) is 14.8 Å². The van der Waals surface area contributed by atoms with Gasteiger partial charge < -0.3 is 4.90 Å². The van der Waals surface area contributed by atoms with Gasteiger partial charge in [-0.15, -0.1) is 11.3 Å². The second-order valence-corrected chi connectivity index (χ2v) is 6.52. The first-order valence-electron chi connectivity index (χ1n) is 7.38. The summed E-state index contributed by atoms with van der Waals surface area (Å²) in [6.07, 6.45) is 7.08. The average molecular weight is 309 g/mol. The van der Waals surface area contributed by atoms with Crippen molar-refractivity contribution in [2.24, 2.45) is 0 Å². The molecule has 0 aliphatic carbocycles. The van der Waals surface area contributed by atoms with E-state index in [1.807, 2.05) is 29.2 Å². The molecule has 110 valence electrons. The van der Waals surface area contributed by atoms with Crippen LogP contribution in [0.2, 0.25) is 0 Å². The SMILES string of the molecule is O=C(c1cc2ccccc2s1)N1CCCC1c1cnccn1. The Bertz CT molecular complexity index is 782. The van der Waals surface area contributed by atoms with Gasteiger partial charge in [0.25, 0.3) is 5.91 Å². The van der Waals surface area contributed by atoms with E-state index in [2.05, 4.69) is 16.0 Å². The largest absolute Gasteiger partial charge is 0.329 e. The molecule has 4 nitrogen and oxygen atoms in total. The Morgan fingerprint density at radius 2 is 2.18 bits per heavy atom. The highest BCUT2D eigenvalue weighted by Crippen LogP contribution is 2.34. The van der Waals surface area contributed by atoms with Crippen molar-refractivity contribution in [1.29, 1.82) is 0 Å². The highest BCUT2D eigenvalue weighted by Gasteiger charge is 2.32. The number of aromatic nitrogens is 2. The molecule has 5 heteroatoms. The number of benzene rings is 1. The van der Waals surface area contributed by atoms with Gasteiger partial charge in [0.05, 0.1) is 22.8 Å². The molecule has 1 aliphatic rings. The first-order chi connectivity index (χ1) is 10.8. The molecular formula is C17H15N3OS. The van der Waals surface area contributed by atoms with Crippen molar-refractivity contribution >= 4 is 27.3 Å². The topological polar surface area (TPSA) is 46.1 Å². The van der Waals surface area contributed by atoms with E-state index in [0.29, 0.717) is 0 Å². The second kappa shape index (κ2) is 5.50. The summed E-state index contributed by atoms with van der Waals surface area (Å²) >= 11 is 1.56. The van der Waals surface area contributed by atoms with E-state index in [-0.39, 0.29) is 11.9 Å². The molecular weight excluding hydrogens is 294 g/mol. The van der Waals surface area contributed by atoms with Crippen molar-refractivity contribution in [1.82, 2.24) is 14.9 Å². The number of amides is 1. The summed E-state index contributed by atoms with van der Waals surface area (Å²) in [7, 11) is 0. The summed E-state index contributed by atoms with van der Waals surface area (Å²) in [6, 6.07) is 10.2. The minimum absolute atomic E-state index is 0.0476. The molecule has 22 heavy (non-hydrogen) atoms. The molecule has 1 unspecified atom stereocenters. The van der Waals surface area contributed by atoms with Crippen LogP contribution in [0, 0.1) is 0 Å². The Morgan fingerprint density at radius 3 is 3.00 bits per heavy atom. The Morgan fingerprint density at radius 1 is 1.27 bits per heavy atom. The fraction of sp³-hybridized carbons (Fsp3) is 0.235. The lowest BCUT2D eigenvalue weighted by Gasteiger charge is -2.23. The Kier molecular flexibility index (Phi) is 3.35. The van der Waals surface area contributed by atoms with Gasteiger partial charge in [0, 0.05) is 23.6 Å². The zero-order chi connectivity index (χ0) is 14.9. The van der Waals surface area contributed by atoms with E-state index in [1.54, 1.807) is 29.9 Å². The molecule has 2 aromatic heterocycles. The first-order valence-corrected chi connectivity index (χ1v) is 8.20. The summed E-state index contributed by atoms with van der Waals surface area (Å²) in [5, 5.41) is 1.13. The van der Waals surface area contributed by atoms with Crippen molar-refractivity contribution in [2.75, 3.05) is 6.54 Å². The number of carbonyl (C=O) groups is 1. The van der Waals surface area contributed by atoms with E-state index < -0.39 is 0 Å². The summed E-state index contributed by atoms with van der Waals surface area (Å²) in [6.45, 7) is 0.786. The predicted molar refractivity (Wildman–Crippen MR) is 86.9 cm³/mol. The maximum absolute atomic E-state index is 12.9. The molecule has 0 N–H and O–H groups in total. The Balaban J connectivity index is 1.66. The molecule has 1 atom stereocenters. The van der Waals surface area contributed by atoms with E-state index in [9.17, 15) is 4.79 Å². The van der Waals surface area contributed by atoms with E-state index in [4.69, 9.17) is 0 Å². The van der Waals surface area contributed by atoms with Crippen LogP contribution < -0.4 is 0 Å². The van der Waals surface area contributed by atoms with Crippen LogP contribution in [0.15, 0.2) is 48.9 Å². The smallest absolute Gasteiger partial charge is 0.264 e. The van der Waals surface area contributed by atoms with Gasteiger partial charge in [0.15, 0.2) is 0 Å². The maximum Gasteiger partial charge on any atom is 0.264 e. The van der Waals surface area contributed by atoms with Gasteiger partial charge in [0.1, 0.15) is 0 Å². The molecule has 0 spiro atoms. The van der Waals surface area contributed by atoms with Crippen LogP contribution in [0.5, 0.6) is 0 Å². The van der Waals surface area contributed by atoms with Gasteiger partial charge >= 0.3 is 0 Å². The highest BCUT2D eigenvalue weighted by molar-refractivity contribution is 7.20. The Hall–Kier alpha value is -2.27. The summed E-state index contributed by atoms with van der Waals surface area (Å²) in [5.41, 5.74) is 0.884. The standard InChI is InChI=1S/C17H15N3OS/c21-17(16-10-12-4-1-2-6-15(12)22-16)20-9-3-5-14(20)13-11-18-7-8-19-13/h1-2,4,6-8,10-11,14H,3,5,9H2. The number of carbonyl (C=O) groups excluding carboxylic acids is 1. The summed E-state index contributed by atoms with van der Waals surface area (Å²) < 4.78 is 1.15. The van der Waals surface area contributed by atoms with Crippen LogP contribution in [0.25, 0.3) is 10.1 Å². The van der Waals surface area contributed by atoms with Crippen molar-refractivity contribution in [2.45, 2.75) is 18.9 Å². The number of hydrogen-bond acceptors (Lipinski definition) is 4. The second-order valence-electron chi connectivity index (χ2n) is 5.44. The highest BCUT2D eigenvalue weighted by atomic mass is 32.1. The number of hydrogen-bond donors (Lipinski definition) is 0. The molecule has 3 heterocycles. The average Bonchev–Trinajstić information content (AvgIpc) is 3.21. The lowest BCUT2D eigenvalue weighted by Crippen LogP contribution is -2.30. The van der Waals surface area contributed by atoms with Crippen LogP contribution in [-0.4, -0.2) is 27.3 Å². The van der Waals surface area contributed by atoms with Crippen LogP contribution in [0.1, 0.15) is 34.2 Å². The monoisotopic (exact) mass is 309 g/mol. The fourth-order valence-electron chi connectivity index (χ4n) is 3.03. The zero-order valence-corrected chi connectivity index (χ0v) is 12.8. The molecule has 1 fully saturated rings. The minimum Gasteiger partial charge on any atom is -0.329 e. The van der Waals surface area contributed by atoms with Crippen molar-refractivity contribution in [3.8, 4) is 0 Å². The van der Waals surface area contributed by atoms with Crippen molar-refractivity contribution in [3.63, 3.8) is 0 Å². The first kappa shape index (κ1) is 13.4. The van der Waals surface area contributed by atoms with E-state index in [0.717, 1.165) is 40.0 Å². The minimum atomic E-state index is 0.0476. The van der Waals surface area contributed by atoms with Gasteiger partial charge in [-0.1, -0.05) is 18.2 Å². The van der Waals surface area contributed by atoms with Crippen LogP contribution in [-0.2, 0) is 0 Å². The third-order valence-corrected chi connectivity index (χ3v) is 5.18. The molecule has 1 amide bonds. The third-order valence-electron chi connectivity index (χ3n) is 4.07. The van der Waals surface area contributed by atoms with Crippen LogP contribution in [0.3, 0.4) is 0 Å². The number of rotatable bonds is 2. The molecule has 1 aliphatic heterocycles. The van der Waals surface area contributed by atoms with Gasteiger partial charge in [0.2, 0.25) is 0 Å². The van der Waals surface area contributed by atoms with E-state index in [1.165, 1.54) is 0 Å². The number of fused-ring (bicyclic) bond motifs is 1. The number of nitrogens with zero attached hydrogens (tertiary/aromatic N) is 3. The van der Waals surface area contributed by atoms with Crippen molar-refractivity contribution in [3.05, 3.63) is 59.5 Å². The molecule has 0 saturated carbocycles. The molecule has 4 rings (SSSR count). The molecule has 1 aromatic carbocycles. The van der Waals surface area contributed by atoms with E-state index >= 15 is 0 Å². The van der Waals surface area contributed by atoms with Crippen LogP contribution >= 0.6 is 11.3 Å². The number of thiophene rings is 1. The quantitative estimate of drug-likeness (QED) is 0.725. The normalized spacial score (nSPS) is 18.0. The summed E-state index contributed by atoms with van der Waals surface area (Å²) in [4.78, 5) is 24.1. The number of likely N-dealkylation sites (tertiary alicyclic amines) is 1. The van der Waals surface area contributed by atoms with Gasteiger partial charge in [-0.05, 0) is 30.4 Å². The summed E-state index contributed by atoms with van der Waals surface area (Å²) in [5.74, 6) is 0.106. The van der Waals surface area contributed by atoms with Gasteiger partial charge in [-0.2, -0.15) is 0 Å². The molecule has 0 radical (unpaired) electrons. The third kappa shape index (κ3) is 2.27. The maximum atomic E-state index is 12.9. The molecule has 3 aromatic rings. The predicted octanol–water partition coefficient (Wildman–Crippen LogP) is 3.67. The lowest BCUT2D eigenvalue weighted by molar-refractivity contribution is 0.0737.